The van der Waals surface area contributed by atoms with E-state index in [0.29, 0.717) is 0 Å². The molecule has 54 valence electrons. The van der Waals surface area contributed by atoms with Crippen LogP contribution < -0.4 is 0 Å². The first kappa shape index (κ1) is 5.96. The summed E-state index contributed by atoms with van der Waals surface area (Å²) in [5.41, 5.74) is 0. The Kier molecular flexibility index (Phi) is 1.46. The Morgan fingerprint density at radius 1 is 1.60 bits per heavy atom. The van der Waals surface area contributed by atoms with Crippen molar-refractivity contribution in [3.05, 3.63) is 18.4 Å². The Labute approximate surface area is 60.3 Å². The van der Waals surface area contributed by atoms with Gasteiger partial charge in [0.1, 0.15) is 6.26 Å². The molecule has 0 saturated heterocycles. The second-order valence-electron chi connectivity index (χ2n) is 2.93. The molecule has 2 heteroatoms. The maximum Gasteiger partial charge on any atom is 0.194 e. The highest BCUT2D eigenvalue weighted by Crippen LogP contribution is 2.28. The quantitative estimate of drug-likeness (QED) is 0.623. The predicted molar refractivity (Wildman–Crippen MR) is 37.5 cm³/mol. The largest absolute Gasteiger partial charge is 0.449 e. The molecule has 0 radical (unpaired) electrons. The van der Waals surface area contributed by atoms with Crippen LogP contribution in [0.1, 0.15) is 25.2 Å². The summed E-state index contributed by atoms with van der Waals surface area (Å²) < 4.78 is 5.13. The molecule has 0 aromatic carbocycles. The number of nitrogens with zero attached hydrogens (tertiary/aromatic N) is 1. The molecule has 10 heavy (non-hydrogen) atoms. The summed E-state index contributed by atoms with van der Waals surface area (Å²) in [6.07, 6.45) is 8.53. The van der Waals surface area contributed by atoms with E-state index in [1.807, 2.05) is 0 Å². The van der Waals surface area contributed by atoms with Crippen LogP contribution in [0, 0.1) is 5.92 Å². The second kappa shape index (κ2) is 2.45. The fraction of sp³-hybridized carbons (Fsp3) is 0.625. The van der Waals surface area contributed by atoms with Gasteiger partial charge in [0.05, 0.1) is 6.20 Å². The van der Waals surface area contributed by atoms with E-state index in [-0.39, 0.29) is 0 Å². The molecular weight excluding hydrogens is 126 g/mol. The van der Waals surface area contributed by atoms with Crippen LogP contribution in [0.3, 0.4) is 0 Å². The fourth-order valence-corrected chi connectivity index (χ4v) is 1.30. The predicted octanol–water partition coefficient (Wildman–Crippen LogP) is 2.02. The van der Waals surface area contributed by atoms with E-state index in [1.54, 1.807) is 12.5 Å². The van der Waals surface area contributed by atoms with Gasteiger partial charge in [-0.1, -0.05) is 6.42 Å². The van der Waals surface area contributed by atoms with Crippen LogP contribution in [-0.4, -0.2) is 4.98 Å². The first-order chi connectivity index (χ1) is 4.95. The molecule has 0 unspecified atom stereocenters. The molecule has 0 amide bonds. The lowest BCUT2D eigenvalue weighted by molar-refractivity contribution is 0.290. The summed E-state index contributed by atoms with van der Waals surface area (Å²) in [4.78, 5) is 4.07. The van der Waals surface area contributed by atoms with Crippen molar-refractivity contribution in [2.75, 3.05) is 0 Å². The van der Waals surface area contributed by atoms with Crippen LogP contribution in [-0.2, 0) is 6.42 Å². The van der Waals surface area contributed by atoms with Crippen molar-refractivity contribution in [3.63, 3.8) is 0 Å². The van der Waals surface area contributed by atoms with Gasteiger partial charge in [-0.15, -0.1) is 0 Å². The van der Waals surface area contributed by atoms with Crippen LogP contribution in [0.25, 0.3) is 0 Å². The van der Waals surface area contributed by atoms with Crippen molar-refractivity contribution in [1.29, 1.82) is 0 Å². The van der Waals surface area contributed by atoms with Gasteiger partial charge in [0, 0.05) is 6.42 Å². The molecule has 1 saturated carbocycles. The highest BCUT2D eigenvalue weighted by atomic mass is 16.3. The molecule has 1 aromatic heterocycles. The molecule has 1 aromatic rings. The average molecular weight is 137 g/mol. The van der Waals surface area contributed by atoms with Crippen molar-refractivity contribution in [2.24, 2.45) is 5.92 Å². The molecule has 0 bridgehead atoms. The van der Waals surface area contributed by atoms with Crippen LogP contribution in [0.5, 0.6) is 0 Å². The van der Waals surface area contributed by atoms with Gasteiger partial charge in [-0.3, -0.25) is 0 Å². The van der Waals surface area contributed by atoms with Crippen molar-refractivity contribution >= 4 is 0 Å². The van der Waals surface area contributed by atoms with Crippen LogP contribution in [0.2, 0.25) is 0 Å². The molecule has 2 rings (SSSR count). The van der Waals surface area contributed by atoms with Crippen molar-refractivity contribution in [1.82, 2.24) is 4.98 Å². The number of aromatic nitrogens is 1. The van der Waals surface area contributed by atoms with Gasteiger partial charge >= 0.3 is 0 Å². The number of rotatable bonds is 2. The Hall–Kier alpha value is -0.790. The molecule has 1 aliphatic carbocycles. The first-order valence-electron chi connectivity index (χ1n) is 3.83. The van der Waals surface area contributed by atoms with Gasteiger partial charge in [-0.25, -0.2) is 4.98 Å². The minimum atomic E-state index is 0.860. The third-order valence-electron chi connectivity index (χ3n) is 2.17. The second-order valence-corrected chi connectivity index (χ2v) is 2.93. The Morgan fingerprint density at radius 3 is 3.00 bits per heavy atom. The minimum absolute atomic E-state index is 0.860. The van der Waals surface area contributed by atoms with Crippen LogP contribution in [0.4, 0.5) is 0 Å². The average Bonchev–Trinajstić information content (AvgIpc) is 2.29. The number of hydrogen-bond acceptors (Lipinski definition) is 2. The normalized spacial score (nSPS) is 18.8. The molecule has 2 nitrogen and oxygen atoms in total. The molecule has 0 spiro atoms. The maximum absolute atomic E-state index is 5.13. The molecule has 0 aliphatic heterocycles. The standard InChI is InChI=1S/C8H11NO/c1-2-7(3-1)6-8-9-4-5-10-8/h4-5,7H,1-3,6H2. The Bertz CT molecular complexity index is 189. The van der Waals surface area contributed by atoms with E-state index in [1.165, 1.54) is 19.3 Å². The summed E-state index contributed by atoms with van der Waals surface area (Å²) in [6.45, 7) is 0. The fourth-order valence-electron chi connectivity index (χ4n) is 1.30. The summed E-state index contributed by atoms with van der Waals surface area (Å²) in [5, 5.41) is 0. The van der Waals surface area contributed by atoms with E-state index in [2.05, 4.69) is 4.98 Å². The lowest BCUT2D eigenvalue weighted by atomic mass is 9.83. The smallest absolute Gasteiger partial charge is 0.194 e. The molecule has 1 fully saturated rings. The summed E-state index contributed by atoms with van der Waals surface area (Å²) in [7, 11) is 0. The topological polar surface area (TPSA) is 26.0 Å². The monoisotopic (exact) mass is 137 g/mol. The Balaban J connectivity index is 1.90. The number of hydrogen-bond donors (Lipinski definition) is 0. The van der Waals surface area contributed by atoms with Crippen molar-refractivity contribution < 1.29 is 4.42 Å². The van der Waals surface area contributed by atoms with Crippen molar-refractivity contribution in [2.45, 2.75) is 25.7 Å². The van der Waals surface area contributed by atoms with Gasteiger partial charge in [-0.05, 0) is 18.8 Å². The van der Waals surface area contributed by atoms with Gasteiger partial charge in [-0.2, -0.15) is 0 Å². The third kappa shape index (κ3) is 1.06. The zero-order valence-corrected chi connectivity index (χ0v) is 5.92. The maximum atomic E-state index is 5.13. The first-order valence-corrected chi connectivity index (χ1v) is 3.83. The van der Waals surface area contributed by atoms with Crippen LogP contribution in [0.15, 0.2) is 16.9 Å². The molecule has 0 N–H and O–H groups in total. The Morgan fingerprint density at radius 2 is 2.50 bits per heavy atom. The lowest BCUT2D eigenvalue weighted by Gasteiger charge is -2.23. The van der Waals surface area contributed by atoms with E-state index < -0.39 is 0 Å². The van der Waals surface area contributed by atoms with E-state index in [9.17, 15) is 0 Å². The highest BCUT2D eigenvalue weighted by molar-refractivity contribution is 4.85. The molecule has 1 aliphatic rings. The van der Waals surface area contributed by atoms with E-state index >= 15 is 0 Å². The summed E-state index contributed by atoms with van der Waals surface area (Å²) in [5.74, 6) is 1.77. The lowest BCUT2D eigenvalue weighted by Crippen LogP contribution is -2.13. The summed E-state index contributed by atoms with van der Waals surface area (Å²) >= 11 is 0. The SMILES string of the molecule is c1coc(CC2CCC2)n1. The van der Waals surface area contributed by atoms with E-state index in [4.69, 9.17) is 4.42 Å². The molecular formula is C8H11NO. The van der Waals surface area contributed by atoms with Gasteiger partial charge in [0.2, 0.25) is 0 Å². The molecule has 1 heterocycles. The van der Waals surface area contributed by atoms with Crippen LogP contribution >= 0.6 is 0 Å². The number of oxazole rings is 1. The third-order valence-corrected chi connectivity index (χ3v) is 2.17. The van der Waals surface area contributed by atoms with Gasteiger partial charge < -0.3 is 4.42 Å². The van der Waals surface area contributed by atoms with Gasteiger partial charge in [0.15, 0.2) is 5.89 Å². The zero-order valence-electron chi connectivity index (χ0n) is 5.92. The molecule has 0 atom stereocenters. The van der Waals surface area contributed by atoms with E-state index in [0.717, 1.165) is 18.2 Å². The summed E-state index contributed by atoms with van der Waals surface area (Å²) in [6, 6.07) is 0. The minimum Gasteiger partial charge on any atom is -0.449 e. The zero-order chi connectivity index (χ0) is 6.81. The van der Waals surface area contributed by atoms with Gasteiger partial charge in [0.25, 0.3) is 0 Å². The highest BCUT2D eigenvalue weighted by Gasteiger charge is 2.19. The van der Waals surface area contributed by atoms with Crippen molar-refractivity contribution in [3.8, 4) is 0 Å².